The average Bonchev–Trinajstić information content (AvgIpc) is 0. The summed E-state index contributed by atoms with van der Waals surface area (Å²) < 4.78 is 0. The molecule has 0 aromatic carbocycles. The summed E-state index contributed by atoms with van der Waals surface area (Å²) in [6.07, 6.45) is 0. The summed E-state index contributed by atoms with van der Waals surface area (Å²) in [4.78, 5) is 0. The molecule has 0 fully saturated rings. The monoisotopic (exact) mass is 3340 g/mol. The minimum absolute atomic E-state index is 0. The first kappa shape index (κ1) is 2710. The maximum Gasteiger partial charge on any atom is 0 e. The first-order chi connectivity index (χ1) is 0. The Morgan fingerprint density at radius 1 is 0.0685 bits per heavy atom. The van der Waals surface area contributed by atoms with Crippen LogP contribution in [0.3, 0.4) is 0 Å². The van der Waals surface area contributed by atoms with Crippen LogP contribution >= 0.6 is 0 Å². The molecule has 0 saturated heterocycles. The molecule has 0 unspecified atom stereocenters. The second-order valence-corrected chi connectivity index (χ2v) is 0. The van der Waals surface area contributed by atoms with Crippen LogP contribution in [0.15, 0.2) is 0 Å². The Kier molecular flexibility index (Phi) is 97400. The predicted molar refractivity (Wildman–Crippen MR) is 235 cm³/mol. The zero-order valence-corrected chi connectivity index (χ0v) is 91.0. The molecule has 516 valence electrons. The van der Waals surface area contributed by atoms with Crippen molar-refractivity contribution in [2.45, 2.75) is 0 Å². The van der Waals surface area contributed by atoms with Gasteiger partial charge in [-0.05, 0) is 0 Å². The van der Waals surface area contributed by atoms with Gasteiger partial charge in [-0.25, -0.2) is 0 Å². The number of hydrogen-bond donors (Lipinski definition) is 0. The van der Waals surface area contributed by atoms with Gasteiger partial charge in [0.1, 0.15) is 0 Å². The zero-order valence-electron chi connectivity index (χ0n) is 38.4. The summed E-state index contributed by atoms with van der Waals surface area (Å²) in [7, 11) is 0. The molecule has 0 atom stereocenters. The molecule has 0 saturated carbocycles. The van der Waals surface area contributed by atoms with Crippen LogP contribution in [0.1, 0.15) is 0 Å². The van der Waals surface area contributed by atoms with Crippen LogP contribution in [0, 0.1) is 0 Å². The maximum absolute atomic E-state index is 0. The molecule has 0 rings (SSSR count). The molecule has 73 heteroatoms. The van der Waals surface area contributed by atoms with Gasteiger partial charge in [0.15, 0.2) is 0 Å². The fraction of sp³-hybridized carbons (Fsp3) is 0. The van der Waals surface area contributed by atoms with E-state index in [9.17, 15) is 0 Å². The molecule has 0 aromatic rings. The quantitative estimate of drug-likeness (QED) is 0.204. The molecule has 0 bridgehead atoms. The summed E-state index contributed by atoms with van der Waals surface area (Å²) >= 11 is 0. The van der Waals surface area contributed by atoms with Gasteiger partial charge in [-0.1, -0.05) is 0 Å². The largest absolute Gasteiger partial charge is 0.412 e. The van der Waals surface area contributed by atoms with E-state index in [2.05, 4.69) is 0 Å². The van der Waals surface area contributed by atoms with Crippen molar-refractivity contribution < 1.29 is 547 Å². The Morgan fingerprint density at radius 2 is 0.0685 bits per heavy atom. The van der Waals surface area contributed by atoms with Crippen molar-refractivity contribution in [3.8, 4) is 0 Å². The van der Waals surface area contributed by atoms with Crippen molar-refractivity contribution >= 4 is 317 Å². The molecule has 0 aliphatic heterocycles. The van der Waals surface area contributed by atoms with Crippen molar-refractivity contribution in [3.05, 3.63) is 0 Å². The van der Waals surface area contributed by atoms with E-state index >= 15 is 0 Å². The van der Waals surface area contributed by atoms with Gasteiger partial charge in [0.2, 0.25) is 0 Å². The Balaban J connectivity index is 0. The topological polar surface area (TPSA) is 1700 Å². The molecule has 0 amide bonds. The van der Waals surface area contributed by atoms with Gasteiger partial charge in [0.05, 0.1) is 0 Å². The SMILES string of the molecule is O.O.O.O.O.O.O.O.O.O.O.O.O.O.O.O.O.O.O.O.O.O.O.O.O.O.O.O.O.O.O.O.O.O.O.O.O.O.O.O.O.O.O.O.O.O.O.O.O.O.O.O.O.O.[B].[K].[K].[K].[K].[K].[K].[Rh].[W].[W].[W].[W].[W].[W].[W].[W].[W].[W].[W]. The Morgan fingerprint density at radius 3 is 0.0685 bits per heavy atom. The molecule has 0 aromatic heterocycles. The summed E-state index contributed by atoms with van der Waals surface area (Å²) in [6, 6.07) is 0. The molecule has 0 aliphatic rings. The molecule has 0 spiro atoms. The zero-order chi connectivity index (χ0) is 0. The van der Waals surface area contributed by atoms with E-state index in [0.29, 0.717) is 0 Å². The van der Waals surface area contributed by atoms with Crippen LogP contribution in [-0.4, -0.2) is 612 Å². The van der Waals surface area contributed by atoms with Gasteiger partial charge < -0.3 is 296 Å². The van der Waals surface area contributed by atoms with Crippen molar-refractivity contribution in [1.82, 2.24) is 0 Å². The third-order valence-corrected chi connectivity index (χ3v) is 0. The number of rotatable bonds is 0. The van der Waals surface area contributed by atoms with E-state index in [1.807, 2.05) is 0 Å². The van der Waals surface area contributed by atoms with Gasteiger partial charge in [-0.2, -0.15) is 0 Å². The molecular formula is H108BK6O54RhW11. The van der Waals surface area contributed by atoms with E-state index in [1.165, 1.54) is 0 Å². The summed E-state index contributed by atoms with van der Waals surface area (Å²) in [5.74, 6) is 0. The van der Waals surface area contributed by atoms with Crippen LogP contribution in [-0.2, 0) is 251 Å². The molecule has 10 radical (unpaired) electrons. The van der Waals surface area contributed by atoms with Gasteiger partial charge in [-0.3, -0.25) is 0 Å². The maximum atomic E-state index is 0. The summed E-state index contributed by atoms with van der Waals surface area (Å²) in [6.45, 7) is 0. The minimum atomic E-state index is 0. The first-order valence-corrected chi connectivity index (χ1v) is 0. The standard InChI is InChI=1S/B.6K.54H2O.Rh.11W/h;;;;;;;54*1H2;;;;;;;;;;;;. The molecule has 0 aliphatic carbocycles. The van der Waals surface area contributed by atoms with Gasteiger partial charge >= 0.3 is 0 Å². The van der Waals surface area contributed by atoms with Gasteiger partial charge in [0.25, 0.3) is 0 Å². The van der Waals surface area contributed by atoms with Crippen molar-refractivity contribution in [2.24, 2.45) is 0 Å². The van der Waals surface area contributed by atoms with Crippen molar-refractivity contribution in [1.29, 1.82) is 0 Å². The average molecular weight is 3340 g/mol. The Hall–Kier alpha value is 15.9. The normalized spacial score (nSPS) is 0. The Labute approximate surface area is 842 Å². The second-order valence-electron chi connectivity index (χ2n) is 0. The van der Waals surface area contributed by atoms with Crippen LogP contribution in [0.5, 0.6) is 0 Å². The molecule has 0 heterocycles. The molecule has 73 heavy (non-hydrogen) atoms. The molecule has 54 nitrogen and oxygen atoms in total. The van der Waals surface area contributed by atoms with Gasteiger partial charge in [-0.15, -0.1) is 0 Å². The summed E-state index contributed by atoms with van der Waals surface area (Å²) in [5, 5.41) is 0. The predicted octanol–water partition coefficient (Wildman–Crippen LogP) is -47.2. The van der Waals surface area contributed by atoms with Crippen LogP contribution in [0.2, 0.25) is 0 Å². The molecule has 108 N–H and O–H groups in total. The fourth-order valence-corrected chi connectivity index (χ4v) is 0. The second kappa shape index (κ2) is 2620. The van der Waals surface area contributed by atoms with Crippen LogP contribution in [0.25, 0.3) is 0 Å². The van der Waals surface area contributed by atoms with Gasteiger partial charge in [0, 0.05) is 568 Å². The minimum Gasteiger partial charge on any atom is -0.412 e. The first-order valence-electron chi connectivity index (χ1n) is 0. The van der Waals surface area contributed by atoms with Crippen LogP contribution in [0.4, 0.5) is 0 Å². The Bertz CT molecular complexity index is 87.5. The van der Waals surface area contributed by atoms with E-state index in [-0.39, 0.29) is 864 Å². The van der Waals surface area contributed by atoms with Crippen molar-refractivity contribution in [2.75, 3.05) is 0 Å². The summed E-state index contributed by atoms with van der Waals surface area (Å²) in [5.41, 5.74) is 0. The van der Waals surface area contributed by atoms with Crippen LogP contribution < -0.4 is 0 Å². The molecular weight excluding hydrogens is 3230 g/mol. The smallest absolute Gasteiger partial charge is 0 e. The third-order valence-electron chi connectivity index (χ3n) is 0. The number of hydrogen-bond acceptors (Lipinski definition) is 0. The van der Waals surface area contributed by atoms with Crippen molar-refractivity contribution in [3.63, 3.8) is 0 Å². The van der Waals surface area contributed by atoms with E-state index < -0.39 is 0 Å². The van der Waals surface area contributed by atoms with E-state index in [4.69, 9.17) is 0 Å². The third kappa shape index (κ3) is 2560. The van der Waals surface area contributed by atoms with E-state index in [0.717, 1.165) is 0 Å². The van der Waals surface area contributed by atoms with E-state index in [1.54, 1.807) is 0 Å². The fourth-order valence-electron chi connectivity index (χ4n) is 0.